The summed E-state index contributed by atoms with van der Waals surface area (Å²) in [6, 6.07) is 8.22. The van der Waals surface area contributed by atoms with Gasteiger partial charge in [0.05, 0.1) is 12.5 Å². The summed E-state index contributed by atoms with van der Waals surface area (Å²) < 4.78 is 5.41. The number of carbonyl (C=O) groups is 1. The second-order valence-electron chi connectivity index (χ2n) is 6.44. The molecule has 1 aliphatic carbocycles. The van der Waals surface area contributed by atoms with Crippen LogP contribution in [0.5, 0.6) is 5.75 Å². The number of anilines is 1. The lowest BCUT2D eigenvalue weighted by Gasteiger charge is -2.30. The van der Waals surface area contributed by atoms with Gasteiger partial charge in [0, 0.05) is 17.5 Å². The topological polar surface area (TPSA) is 51.2 Å². The maximum absolute atomic E-state index is 13.2. The van der Waals surface area contributed by atoms with Crippen LogP contribution in [0.15, 0.2) is 46.6 Å². The van der Waals surface area contributed by atoms with Crippen LogP contribution in [0.2, 0.25) is 0 Å². The van der Waals surface area contributed by atoms with E-state index in [1.165, 1.54) is 28.0 Å². The van der Waals surface area contributed by atoms with Gasteiger partial charge in [-0.25, -0.2) is 4.98 Å². The Kier molecular flexibility index (Phi) is 4.09. The van der Waals surface area contributed by atoms with E-state index in [0.29, 0.717) is 11.6 Å². The Morgan fingerprint density at radius 2 is 2.24 bits per heavy atom. The van der Waals surface area contributed by atoms with E-state index in [1.54, 1.807) is 24.6 Å². The Morgan fingerprint density at radius 1 is 1.36 bits per heavy atom. The second-order valence-corrected chi connectivity index (χ2v) is 8.11. The fourth-order valence-corrected chi connectivity index (χ4v) is 4.90. The van der Waals surface area contributed by atoms with E-state index in [9.17, 15) is 4.79 Å². The molecular weight excluding hydrogens is 352 g/mol. The molecule has 2 atom stereocenters. The molecule has 0 radical (unpaired) electrons. The van der Waals surface area contributed by atoms with Gasteiger partial charge in [0.15, 0.2) is 5.13 Å². The highest BCUT2D eigenvalue weighted by Gasteiger charge is 2.49. The van der Waals surface area contributed by atoms with Gasteiger partial charge in [0.1, 0.15) is 5.75 Å². The van der Waals surface area contributed by atoms with Crippen LogP contribution in [-0.2, 0) is 11.2 Å². The van der Waals surface area contributed by atoms with Crippen LogP contribution >= 0.6 is 22.7 Å². The van der Waals surface area contributed by atoms with Crippen LogP contribution < -0.4 is 10.1 Å². The Bertz CT molecular complexity index is 890. The summed E-state index contributed by atoms with van der Waals surface area (Å²) in [6.45, 7) is 2.05. The van der Waals surface area contributed by atoms with Crippen molar-refractivity contribution in [2.45, 2.75) is 19.3 Å². The first-order valence-corrected chi connectivity index (χ1v) is 9.84. The molecule has 4 rings (SSSR count). The molecule has 0 unspecified atom stereocenters. The summed E-state index contributed by atoms with van der Waals surface area (Å²) >= 11 is 3.09. The molecule has 3 aromatic rings. The van der Waals surface area contributed by atoms with Crippen molar-refractivity contribution in [3.8, 4) is 5.75 Å². The van der Waals surface area contributed by atoms with Crippen molar-refractivity contribution in [3.05, 3.63) is 63.3 Å². The minimum atomic E-state index is -0.568. The molecule has 2 aromatic heterocycles. The van der Waals surface area contributed by atoms with Gasteiger partial charge >= 0.3 is 0 Å². The first kappa shape index (κ1) is 16.3. The normalized spacial score (nSPS) is 21.8. The van der Waals surface area contributed by atoms with Crippen molar-refractivity contribution >= 4 is 33.7 Å². The van der Waals surface area contributed by atoms with Gasteiger partial charge in [-0.05, 0) is 59.0 Å². The Balaban J connectivity index is 1.77. The summed E-state index contributed by atoms with van der Waals surface area (Å²) in [7, 11) is 1.67. The SMILES string of the molecule is COc1ccc2c(c1)[C@@H](c1ccsc1)[C@@](C)(C(=O)Nc1nccs1)C2. The molecule has 0 fully saturated rings. The predicted octanol–water partition coefficient (Wildman–Crippen LogP) is 4.55. The number of amides is 1. The van der Waals surface area contributed by atoms with Crippen LogP contribution in [0, 0.1) is 5.41 Å². The molecule has 1 amide bonds. The van der Waals surface area contributed by atoms with E-state index < -0.39 is 5.41 Å². The standard InChI is InChI=1S/C19H18N2O2S2/c1-19(17(22)21-18-20-6-8-25-18)10-12-3-4-14(23-2)9-15(12)16(19)13-5-7-24-11-13/h3-9,11,16H,10H2,1-2H3,(H,20,21,22)/t16-,19+/m1/s1. The summed E-state index contributed by atoms with van der Waals surface area (Å²) in [4.78, 5) is 17.4. The predicted molar refractivity (Wildman–Crippen MR) is 102 cm³/mol. The molecule has 25 heavy (non-hydrogen) atoms. The number of thiazole rings is 1. The van der Waals surface area contributed by atoms with Crippen LogP contribution in [0.4, 0.5) is 5.13 Å². The highest BCUT2D eigenvalue weighted by atomic mass is 32.1. The molecule has 1 aromatic carbocycles. The molecular formula is C19H18N2O2S2. The van der Waals surface area contributed by atoms with Crippen molar-refractivity contribution in [2.24, 2.45) is 5.41 Å². The van der Waals surface area contributed by atoms with Gasteiger partial charge in [0.2, 0.25) is 5.91 Å². The number of hydrogen-bond donors (Lipinski definition) is 1. The maximum atomic E-state index is 13.2. The number of ether oxygens (including phenoxy) is 1. The van der Waals surface area contributed by atoms with Crippen molar-refractivity contribution in [1.29, 1.82) is 0 Å². The number of fused-ring (bicyclic) bond motifs is 1. The van der Waals surface area contributed by atoms with E-state index in [2.05, 4.69) is 39.3 Å². The molecule has 1 N–H and O–H groups in total. The lowest BCUT2D eigenvalue weighted by atomic mass is 9.74. The van der Waals surface area contributed by atoms with Gasteiger partial charge in [-0.2, -0.15) is 11.3 Å². The molecule has 0 bridgehead atoms. The zero-order chi connectivity index (χ0) is 17.4. The monoisotopic (exact) mass is 370 g/mol. The zero-order valence-corrected chi connectivity index (χ0v) is 15.6. The van der Waals surface area contributed by atoms with E-state index in [-0.39, 0.29) is 11.8 Å². The summed E-state index contributed by atoms with van der Waals surface area (Å²) in [6.07, 6.45) is 2.40. The molecule has 0 aliphatic heterocycles. The summed E-state index contributed by atoms with van der Waals surface area (Å²) in [5.41, 5.74) is 2.98. The van der Waals surface area contributed by atoms with Gasteiger partial charge in [-0.15, -0.1) is 11.3 Å². The zero-order valence-electron chi connectivity index (χ0n) is 14.0. The van der Waals surface area contributed by atoms with E-state index in [1.807, 2.05) is 18.4 Å². The highest BCUT2D eigenvalue weighted by molar-refractivity contribution is 7.13. The number of hydrogen-bond acceptors (Lipinski definition) is 5. The first-order chi connectivity index (χ1) is 12.1. The van der Waals surface area contributed by atoms with Gasteiger partial charge in [0.25, 0.3) is 0 Å². The molecule has 0 saturated carbocycles. The van der Waals surface area contributed by atoms with Crippen LogP contribution in [0.25, 0.3) is 0 Å². The molecule has 128 valence electrons. The highest BCUT2D eigenvalue weighted by Crippen LogP contribution is 2.52. The maximum Gasteiger partial charge on any atom is 0.233 e. The van der Waals surface area contributed by atoms with Crippen molar-refractivity contribution in [3.63, 3.8) is 0 Å². The Labute approximate surface area is 154 Å². The third-order valence-corrected chi connectivity index (χ3v) is 6.30. The average Bonchev–Trinajstić information content (AvgIpc) is 3.33. The van der Waals surface area contributed by atoms with Crippen LogP contribution in [0.3, 0.4) is 0 Å². The molecule has 2 heterocycles. The fourth-order valence-electron chi connectivity index (χ4n) is 3.69. The van der Waals surface area contributed by atoms with Crippen molar-refractivity contribution in [2.75, 3.05) is 12.4 Å². The molecule has 0 saturated heterocycles. The number of thiophene rings is 1. The number of nitrogens with zero attached hydrogens (tertiary/aromatic N) is 1. The quantitative estimate of drug-likeness (QED) is 0.733. The smallest absolute Gasteiger partial charge is 0.233 e. The Morgan fingerprint density at radius 3 is 2.92 bits per heavy atom. The van der Waals surface area contributed by atoms with Gasteiger partial charge < -0.3 is 10.1 Å². The van der Waals surface area contributed by atoms with Crippen molar-refractivity contribution in [1.82, 2.24) is 4.98 Å². The molecule has 4 nitrogen and oxygen atoms in total. The minimum Gasteiger partial charge on any atom is -0.497 e. The number of methoxy groups -OCH3 is 1. The fraction of sp³-hybridized carbons (Fsp3) is 0.263. The van der Waals surface area contributed by atoms with Crippen LogP contribution in [0.1, 0.15) is 29.5 Å². The largest absolute Gasteiger partial charge is 0.497 e. The molecule has 0 spiro atoms. The number of nitrogens with one attached hydrogen (secondary N) is 1. The second kappa shape index (κ2) is 6.28. The number of aromatic nitrogens is 1. The number of carbonyl (C=O) groups excluding carboxylic acids is 1. The van der Waals surface area contributed by atoms with Crippen LogP contribution in [-0.4, -0.2) is 18.0 Å². The number of rotatable bonds is 4. The lowest BCUT2D eigenvalue weighted by molar-refractivity contribution is -0.125. The minimum absolute atomic E-state index is 0.00353. The summed E-state index contributed by atoms with van der Waals surface area (Å²) in [5.74, 6) is 0.834. The molecule has 6 heteroatoms. The first-order valence-electron chi connectivity index (χ1n) is 8.01. The third kappa shape index (κ3) is 2.75. The molecule has 1 aliphatic rings. The van der Waals surface area contributed by atoms with E-state index >= 15 is 0 Å². The van der Waals surface area contributed by atoms with Crippen molar-refractivity contribution < 1.29 is 9.53 Å². The Hall–Kier alpha value is -2.18. The number of benzene rings is 1. The summed E-state index contributed by atoms with van der Waals surface area (Å²) in [5, 5.41) is 9.70. The van der Waals surface area contributed by atoms with E-state index in [0.717, 1.165) is 5.75 Å². The van der Waals surface area contributed by atoms with Gasteiger partial charge in [-0.1, -0.05) is 6.07 Å². The average molecular weight is 370 g/mol. The lowest BCUT2D eigenvalue weighted by Crippen LogP contribution is -2.37. The van der Waals surface area contributed by atoms with E-state index in [4.69, 9.17) is 4.74 Å². The third-order valence-electron chi connectivity index (χ3n) is 4.91. The van der Waals surface area contributed by atoms with Gasteiger partial charge in [-0.3, -0.25) is 4.79 Å².